The third kappa shape index (κ3) is 4.80. The summed E-state index contributed by atoms with van der Waals surface area (Å²) < 4.78 is 11.2. The van der Waals surface area contributed by atoms with Crippen LogP contribution in [0.5, 0.6) is 0 Å². The molecule has 168 valence electrons. The molecule has 5 rings (SSSR count). The van der Waals surface area contributed by atoms with Gasteiger partial charge in [0.2, 0.25) is 5.76 Å². The van der Waals surface area contributed by atoms with Crippen LogP contribution in [0.4, 0.5) is 5.69 Å². The average molecular weight is 480 g/mol. The first kappa shape index (κ1) is 21.7. The first-order valence-electron chi connectivity index (χ1n) is 10.5. The summed E-state index contributed by atoms with van der Waals surface area (Å²) in [5, 5.41) is 5.64. The molecule has 2 amide bonds. The summed E-state index contributed by atoms with van der Waals surface area (Å²) in [5.74, 6) is 0.373. The van der Waals surface area contributed by atoms with E-state index in [2.05, 4.69) is 10.3 Å². The second-order valence-corrected chi connectivity index (χ2v) is 9.22. The van der Waals surface area contributed by atoms with Crippen molar-refractivity contribution in [2.24, 2.45) is 0 Å². The molecule has 0 radical (unpaired) electrons. The predicted molar refractivity (Wildman–Crippen MR) is 129 cm³/mol. The Morgan fingerprint density at radius 3 is 2.64 bits per heavy atom. The minimum atomic E-state index is -0.298. The highest BCUT2D eigenvalue weighted by Gasteiger charge is 2.27. The van der Waals surface area contributed by atoms with Crippen molar-refractivity contribution in [1.29, 1.82) is 0 Å². The quantitative estimate of drug-likeness (QED) is 0.396. The highest BCUT2D eigenvalue weighted by molar-refractivity contribution is 7.98. The van der Waals surface area contributed by atoms with Crippen molar-refractivity contribution in [2.75, 3.05) is 31.6 Å². The van der Waals surface area contributed by atoms with Gasteiger partial charge >= 0.3 is 0 Å². The van der Waals surface area contributed by atoms with Gasteiger partial charge in [-0.3, -0.25) is 9.59 Å². The van der Waals surface area contributed by atoms with Crippen LogP contribution in [0.25, 0.3) is 11.0 Å². The highest BCUT2D eigenvalue weighted by Crippen LogP contribution is 2.32. The van der Waals surface area contributed by atoms with Crippen LogP contribution in [-0.4, -0.2) is 48.0 Å². The van der Waals surface area contributed by atoms with Crippen LogP contribution < -0.4 is 5.32 Å². The lowest BCUT2D eigenvalue weighted by Gasteiger charge is -2.26. The lowest BCUT2D eigenvalue weighted by molar-refractivity contribution is 0.0285. The molecule has 0 saturated carbocycles. The Bertz CT molecular complexity index is 1260. The van der Waals surface area contributed by atoms with Gasteiger partial charge in [-0.2, -0.15) is 0 Å². The van der Waals surface area contributed by atoms with E-state index in [0.29, 0.717) is 48.5 Å². The lowest BCUT2D eigenvalue weighted by Crippen LogP contribution is -2.40. The van der Waals surface area contributed by atoms with E-state index >= 15 is 0 Å². The first-order valence-corrected chi connectivity index (χ1v) is 12.4. The van der Waals surface area contributed by atoms with Gasteiger partial charge < -0.3 is 19.4 Å². The molecule has 2 aromatic heterocycles. The normalized spacial score (nSPS) is 13.9. The third-order valence-electron chi connectivity index (χ3n) is 5.31. The number of ether oxygens (including phenoxy) is 1. The Labute approximate surface area is 198 Å². The molecular weight excluding hydrogens is 458 g/mol. The molecule has 3 heterocycles. The smallest absolute Gasteiger partial charge is 0.291 e. The number of fused-ring (bicyclic) bond motifs is 1. The van der Waals surface area contributed by atoms with Gasteiger partial charge in [0.25, 0.3) is 11.8 Å². The van der Waals surface area contributed by atoms with Crippen LogP contribution in [0.2, 0.25) is 0 Å². The standard InChI is InChI=1S/C24H21N3O4S2/c28-23(16-5-7-18(8-6-16)33-14-17-13-32-15-25-17)26-21-19-3-1-2-4-20(19)31-22(21)24(29)27-9-11-30-12-10-27/h1-8,13,15H,9-12,14H2,(H,26,28). The van der Waals surface area contributed by atoms with Crippen LogP contribution in [0.1, 0.15) is 26.6 Å². The molecule has 1 aliphatic rings. The molecule has 0 atom stereocenters. The Balaban J connectivity index is 1.35. The zero-order valence-electron chi connectivity index (χ0n) is 17.7. The fourth-order valence-corrected chi connectivity index (χ4v) is 5.05. The summed E-state index contributed by atoms with van der Waals surface area (Å²) in [6.07, 6.45) is 0. The number of benzene rings is 2. The second-order valence-electron chi connectivity index (χ2n) is 7.45. The number of aromatic nitrogens is 1. The number of hydrogen-bond donors (Lipinski definition) is 1. The van der Waals surface area contributed by atoms with Crippen LogP contribution >= 0.6 is 23.1 Å². The maximum Gasteiger partial charge on any atom is 0.291 e. The van der Waals surface area contributed by atoms with E-state index < -0.39 is 0 Å². The van der Waals surface area contributed by atoms with Crippen LogP contribution in [-0.2, 0) is 10.5 Å². The van der Waals surface area contributed by atoms with Gasteiger partial charge in [0, 0.05) is 40.1 Å². The van der Waals surface area contributed by atoms with Crippen molar-refractivity contribution in [3.63, 3.8) is 0 Å². The molecular formula is C24H21N3O4S2. The van der Waals surface area contributed by atoms with Crippen LogP contribution in [0.15, 0.2) is 68.7 Å². The molecule has 0 unspecified atom stereocenters. The molecule has 1 aliphatic heterocycles. The molecule has 4 aromatic rings. The van der Waals surface area contributed by atoms with E-state index in [4.69, 9.17) is 9.15 Å². The van der Waals surface area contributed by atoms with E-state index in [-0.39, 0.29) is 17.6 Å². The summed E-state index contributed by atoms with van der Waals surface area (Å²) in [5.41, 5.74) is 4.31. The molecule has 1 N–H and O–H groups in total. The number of thiazole rings is 1. The van der Waals surface area contributed by atoms with Crippen molar-refractivity contribution in [2.45, 2.75) is 10.6 Å². The highest BCUT2D eigenvalue weighted by atomic mass is 32.2. The minimum Gasteiger partial charge on any atom is -0.449 e. The van der Waals surface area contributed by atoms with Gasteiger partial charge in [-0.1, -0.05) is 12.1 Å². The minimum absolute atomic E-state index is 0.141. The third-order valence-corrected chi connectivity index (χ3v) is 6.99. The summed E-state index contributed by atoms with van der Waals surface area (Å²) in [6.45, 7) is 1.95. The lowest BCUT2D eigenvalue weighted by atomic mass is 10.1. The molecule has 0 bridgehead atoms. The average Bonchev–Trinajstić information content (AvgIpc) is 3.51. The number of carbonyl (C=O) groups excluding carboxylic acids is 2. The molecule has 7 nitrogen and oxygen atoms in total. The maximum absolute atomic E-state index is 13.1. The van der Waals surface area contributed by atoms with Crippen LogP contribution in [0, 0.1) is 0 Å². The number of rotatable bonds is 6. The number of morpholine rings is 1. The SMILES string of the molecule is O=C(Nc1c(C(=O)N2CCOCC2)oc2ccccc12)c1ccc(SCc2cscn2)cc1. The Hall–Kier alpha value is -3.14. The van der Waals surface area contributed by atoms with Gasteiger partial charge in [0.1, 0.15) is 11.3 Å². The number of thioether (sulfide) groups is 1. The number of furan rings is 1. The largest absolute Gasteiger partial charge is 0.449 e. The zero-order chi connectivity index (χ0) is 22.6. The predicted octanol–water partition coefficient (Wildman–Crippen LogP) is 4.91. The molecule has 9 heteroatoms. The number of amides is 2. The Kier molecular flexibility index (Phi) is 6.43. The summed E-state index contributed by atoms with van der Waals surface area (Å²) in [7, 11) is 0. The molecule has 1 fully saturated rings. The number of nitrogens with one attached hydrogen (secondary N) is 1. The summed E-state index contributed by atoms with van der Waals surface area (Å²) in [4.78, 5) is 33.2. The molecule has 33 heavy (non-hydrogen) atoms. The molecule has 0 aliphatic carbocycles. The fourth-order valence-electron chi connectivity index (χ4n) is 3.58. The first-order chi connectivity index (χ1) is 16.2. The number of nitrogens with zero attached hydrogens (tertiary/aromatic N) is 2. The second kappa shape index (κ2) is 9.78. The molecule has 2 aromatic carbocycles. The van der Waals surface area contributed by atoms with Gasteiger partial charge in [-0.15, -0.1) is 23.1 Å². The molecule has 0 spiro atoms. The van der Waals surface area contributed by atoms with E-state index in [1.165, 1.54) is 0 Å². The van der Waals surface area contributed by atoms with Gasteiger partial charge in [0.05, 0.1) is 24.4 Å². The van der Waals surface area contributed by atoms with E-state index in [1.807, 2.05) is 41.2 Å². The van der Waals surface area contributed by atoms with Crippen molar-refractivity contribution < 1.29 is 18.7 Å². The Morgan fingerprint density at radius 2 is 1.88 bits per heavy atom. The topological polar surface area (TPSA) is 84.7 Å². The number of hydrogen-bond acceptors (Lipinski definition) is 7. The monoisotopic (exact) mass is 479 g/mol. The fraction of sp³-hybridized carbons (Fsp3) is 0.208. The van der Waals surface area contributed by atoms with E-state index in [0.717, 1.165) is 16.3 Å². The number of carbonyl (C=O) groups is 2. The number of para-hydroxylation sites is 1. The van der Waals surface area contributed by atoms with Gasteiger partial charge in [-0.05, 0) is 36.4 Å². The summed E-state index contributed by atoms with van der Waals surface area (Å²) >= 11 is 3.24. The van der Waals surface area contributed by atoms with Crippen molar-refractivity contribution in [3.8, 4) is 0 Å². The van der Waals surface area contributed by atoms with Gasteiger partial charge in [-0.25, -0.2) is 4.98 Å². The van der Waals surface area contributed by atoms with E-state index in [9.17, 15) is 9.59 Å². The Morgan fingerprint density at radius 1 is 1.09 bits per heavy atom. The molecule has 1 saturated heterocycles. The van der Waals surface area contributed by atoms with Crippen molar-refractivity contribution in [1.82, 2.24) is 9.88 Å². The maximum atomic E-state index is 13.1. The van der Waals surface area contributed by atoms with Crippen molar-refractivity contribution >= 4 is 51.6 Å². The van der Waals surface area contributed by atoms with Crippen molar-refractivity contribution in [3.05, 3.63) is 76.4 Å². The number of anilines is 1. The van der Waals surface area contributed by atoms with Crippen LogP contribution in [0.3, 0.4) is 0 Å². The summed E-state index contributed by atoms with van der Waals surface area (Å²) in [6, 6.07) is 14.7. The van der Waals surface area contributed by atoms with Gasteiger partial charge in [0.15, 0.2) is 0 Å². The zero-order valence-corrected chi connectivity index (χ0v) is 19.3. The van der Waals surface area contributed by atoms with E-state index in [1.54, 1.807) is 46.2 Å².